The fraction of sp³-hybridized carbons (Fsp3) is 0.154. The minimum absolute atomic E-state index is 0.325. The Morgan fingerprint density at radius 3 is 2.79 bits per heavy atom. The maximum absolute atomic E-state index is 6.26. The van der Waals surface area contributed by atoms with Crippen molar-refractivity contribution in [3.63, 3.8) is 0 Å². The highest BCUT2D eigenvalue weighted by Crippen LogP contribution is 2.25. The van der Waals surface area contributed by atoms with Crippen molar-refractivity contribution in [3.05, 3.63) is 53.1 Å². The molecule has 0 fully saturated rings. The molecule has 0 bridgehead atoms. The monoisotopic (exact) mass is 292 g/mol. The third-order valence-electron chi connectivity index (χ3n) is 2.86. The predicted molar refractivity (Wildman–Crippen MR) is 75.4 cm³/mol. The number of fused-ring (bicyclic) bond motifs is 1. The third kappa shape index (κ3) is 2.29. The highest BCUT2D eigenvalue weighted by atomic mass is 35.5. The predicted octanol–water partition coefficient (Wildman–Crippen LogP) is 3.27. The van der Waals surface area contributed by atoms with Crippen LogP contribution in [0.15, 0.2) is 36.5 Å². The summed E-state index contributed by atoms with van der Waals surface area (Å²) in [6.45, 7) is 0.552. The SMILES string of the molecule is ClCc1nc2cccc(Cl)c2n1Cc1cccnn1. The Morgan fingerprint density at radius 1 is 1.16 bits per heavy atom. The quantitative estimate of drug-likeness (QED) is 0.696. The van der Waals surface area contributed by atoms with E-state index in [1.165, 1.54) is 0 Å². The van der Waals surface area contributed by atoms with Crippen LogP contribution in [0.1, 0.15) is 11.5 Å². The molecule has 2 aromatic heterocycles. The van der Waals surface area contributed by atoms with E-state index in [1.807, 2.05) is 34.9 Å². The van der Waals surface area contributed by atoms with E-state index >= 15 is 0 Å². The molecule has 3 rings (SSSR count). The van der Waals surface area contributed by atoms with Gasteiger partial charge in [0.05, 0.1) is 34.2 Å². The first kappa shape index (κ1) is 12.4. The van der Waals surface area contributed by atoms with Crippen LogP contribution in [0.4, 0.5) is 0 Å². The Kier molecular flexibility index (Phi) is 3.36. The van der Waals surface area contributed by atoms with Gasteiger partial charge >= 0.3 is 0 Å². The van der Waals surface area contributed by atoms with Gasteiger partial charge in [0, 0.05) is 6.20 Å². The lowest BCUT2D eigenvalue weighted by atomic mass is 10.3. The van der Waals surface area contributed by atoms with Crippen molar-refractivity contribution in [2.75, 3.05) is 0 Å². The first-order valence-corrected chi connectivity index (χ1v) is 6.67. The van der Waals surface area contributed by atoms with Crippen molar-refractivity contribution in [3.8, 4) is 0 Å². The lowest BCUT2D eigenvalue weighted by Crippen LogP contribution is -2.06. The second kappa shape index (κ2) is 5.15. The van der Waals surface area contributed by atoms with Crippen LogP contribution in [0, 0.1) is 0 Å². The maximum atomic E-state index is 6.26. The molecule has 4 nitrogen and oxygen atoms in total. The molecule has 0 spiro atoms. The molecule has 0 saturated carbocycles. The average molecular weight is 293 g/mol. The molecule has 0 aliphatic carbocycles. The van der Waals surface area contributed by atoms with Gasteiger partial charge in [0.25, 0.3) is 0 Å². The van der Waals surface area contributed by atoms with E-state index in [1.54, 1.807) is 6.20 Å². The summed E-state index contributed by atoms with van der Waals surface area (Å²) < 4.78 is 1.98. The lowest BCUT2D eigenvalue weighted by Gasteiger charge is -2.07. The molecule has 1 aromatic carbocycles. The summed E-state index contributed by atoms with van der Waals surface area (Å²) >= 11 is 12.2. The fourth-order valence-corrected chi connectivity index (χ4v) is 2.52. The number of hydrogen-bond acceptors (Lipinski definition) is 3. The van der Waals surface area contributed by atoms with Crippen LogP contribution in [0.5, 0.6) is 0 Å². The van der Waals surface area contributed by atoms with E-state index in [0.29, 0.717) is 17.4 Å². The van der Waals surface area contributed by atoms with E-state index in [2.05, 4.69) is 15.2 Å². The summed E-state index contributed by atoms with van der Waals surface area (Å²) in [7, 11) is 0. The van der Waals surface area contributed by atoms with Crippen LogP contribution >= 0.6 is 23.2 Å². The highest BCUT2D eigenvalue weighted by Gasteiger charge is 2.13. The van der Waals surface area contributed by atoms with Gasteiger partial charge in [-0.1, -0.05) is 17.7 Å². The van der Waals surface area contributed by atoms with E-state index < -0.39 is 0 Å². The largest absolute Gasteiger partial charge is 0.320 e. The average Bonchev–Trinajstić information content (AvgIpc) is 2.79. The molecule has 0 atom stereocenters. The van der Waals surface area contributed by atoms with Crippen LogP contribution in [-0.2, 0) is 12.4 Å². The van der Waals surface area contributed by atoms with Crippen LogP contribution in [0.3, 0.4) is 0 Å². The summed E-state index contributed by atoms with van der Waals surface area (Å²) in [5, 5.41) is 8.61. The molecule has 0 N–H and O–H groups in total. The summed E-state index contributed by atoms with van der Waals surface area (Å²) in [6.07, 6.45) is 1.64. The summed E-state index contributed by atoms with van der Waals surface area (Å²) in [6, 6.07) is 9.40. The van der Waals surface area contributed by atoms with Crippen molar-refractivity contribution in [1.82, 2.24) is 19.7 Å². The van der Waals surface area contributed by atoms with Gasteiger partial charge in [0.15, 0.2) is 0 Å². The van der Waals surface area contributed by atoms with Crippen LogP contribution in [0.25, 0.3) is 11.0 Å². The van der Waals surface area contributed by atoms with Crippen LogP contribution in [-0.4, -0.2) is 19.7 Å². The molecule has 0 unspecified atom stereocenters. The topological polar surface area (TPSA) is 43.6 Å². The lowest BCUT2D eigenvalue weighted by molar-refractivity contribution is 0.741. The van der Waals surface area contributed by atoms with Gasteiger partial charge in [-0.25, -0.2) is 4.98 Å². The molecule has 96 valence electrons. The van der Waals surface area contributed by atoms with Gasteiger partial charge in [0.1, 0.15) is 5.82 Å². The van der Waals surface area contributed by atoms with Gasteiger partial charge < -0.3 is 4.57 Å². The Hall–Kier alpha value is -1.65. The first-order valence-electron chi connectivity index (χ1n) is 5.76. The third-order valence-corrected chi connectivity index (χ3v) is 3.41. The smallest absolute Gasteiger partial charge is 0.125 e. The summed E-state index contributed by atoms with van der Waals surface area (Å²) in [4.78, 5) is 4.49. The fourth-order valence-electron chi connectivity index (χ4n) is 2.04. The summed E-state index contributed by atoms with van der Waals surface area (Å²) in [5.74, 6) is 1.10. The number of benzene rings is 1. The number of aromatic nitrogens is 4. The van der Waals surface area contributed by atoms with Crippen molar-refractivity contribution >= 4 is 34.2 Å². The number of halogens is 2. The van der Waals surface area contributed by atoms with Crippen molar-refractivity contribution in [2.45, 2.75) is 12.4 Å². The van der Waals surface area contributed by atoms with Gasteiger partial charge in [0.2, 0.25) is 0 Å². The zero-order valence-electron chi connectivity index (χ0n) is 9.92. The molecular weight excluding hydrogens is 283 g/mol. The normalized spacial score (nSPS) is 11.1. The van der Waals surface area contributed by atoms with Crippen LogP contribution < -0.4 is 0 Å². The summed E-state index contributed by atoms with van der Waals surface area (Å²) in [5.41, 5.74) is 2.56. The molecule has 19 heavy (non-hydrogen) atoms. The Morgan fingerprint density at radius 2 is 2.05 bits per heavy atom. The van der Waals surface area contributed by atoms with Gasteiger partial charge in [-0.15, -0.1) is 11.6 Å². The van der Waals surface area contributed by atoms with Gasteiger partial charge in [-0.2, -0.15) is 10.2 Å². The molecule has 2 heterocycles. The number of nitrogens with zero attached hydrogens (tertiary/aromatic N) is 4. The maximum Gasteiger partial charge on any atom is 0.125 e. The van der Waals surface area contributed by atoms with E-state index in [9.17, 15) is 0 Å². The molecule has 6 heteroatoms. The van der Waals surface area contributed by atoms with E-state index in [4.69, 9.17) is 23.2 Å². The number of para-hydroxylation sites is 1. The Bertz CT molecular complexity index is 709. The van der Waals surface area contributed by atoms with Crippen molar-refractivity contribution in [1.29, 1.82) is 0 Å². The number of rotatable bonds is 3. The number of alkyl halides is 1. The molecule has 0 aliphatic heterocycles. The van der Waals surface area contributed by atoms with Crippen molar-refractivity contribution < 1.29 is 0 Å². The number of hydrogen-bond donors (Lipinski definition) is 0. The van der Waals surface area contributed by atoms with E-state index in [0.717, 1.165) is 22.6 Å². The van der Waals surface area contributed by atoms with Crippen LogP contribution in [0.2, 0.25) is 5.02 Å². The zero-order valence-corrected chi connectivity index (χ0v) is 11.4. The molecular formula is C13H10Cl2N4. The first-order chi connectivity index (χ1) is 9.29. The Balaban J connectivity index is 2.16. The highest BCUT2D eigenvalue weighted by molar-refractivity contribution is 6.35. The Labute approximate surface area is 120 Å². The molecule has 3 aromatic rings. The van der Waals surface area contributed by atoms with Crippen molar-refractivity contribution in [2.24, 2.45) is 0 Å². The molecule has 0 aliphatic rings. The zero-order chi connectivity index (χ0) is 13.2. The second-order valence-corrected chi connectivity index (χ2v) is 4.74. The number of imidazole rings is 1. The molecule has 0 saturated heterocycles. The molecule has 0 amide bonds. The van der Waals surface area contributed by atoms with Gasteiger partial charge in [-0.05, 0) is 24.3 Å². The standard InChI is InChI=1S/C13H10Cl2N4/c14-7-12-17-11-5-1-4-10(15)13(11)19(12)8-9-3-2-6-16-18-9/h1-6H,7-8H2. The minimum atomic E-state index is 0.325. The minimum Gasteiger partial charge on any atom is -0.320 e. The second-order valence-electron chi connectivity index (χ2n) is 4.07. The molecule has 0 radical (unpaired) electrons. The van der Waals surface area contributed by atoms with Gasteiger partial charge in [-0.3, -0.25) is 0 Å². The van der Waals surface area contributed by atoms with E-state index in [-0.39, 0.29) is 0 Å².